The Morgan fingerprint density at radius 1 is 0.593 bits per heavy atom. The van der Waals surface area contributed by atoms with Crippen molar-refractivity contribution in [2.24, 2.45) is 0 Å². The predicted molar refractivity (Wildman–Crippen MR) is 110 cm³/mol. The smallest absolute Gasteiger partial charge is 0.0948 e. The quantitative estimate of drug-likeness (QED) is 0.122. The van der Waals surface area contributed by atoms with Gasteiger partial charge in [-0.1, -0.05) is 38.5 Å². The molecule has 0 aromatic carbocycles. The van der Waals surface area contributed by atoms with Crippen molar-refractivity contribution in [3.05, 3.63) is 0 Å². The summed E-state index contributed by atoms with van der Waals surface area (Å²) in [5.41, 5.74) is 0. The first-order chi connectivity index (χ1) is 11.9. The number of hydrogen-bond acceptors (Lipinski definition) is 3. The van der Waals surface area contributed by atoms with Crippen molar-refractivity contribution in [2.45, 2.75) is 70.6 Å². The van der Waals surface area contributed by atoms with Gasteiger partial charge in [0.05, 0.1) is 65.0 Å². The van der Waals surface area contributed by atoms with Crippen molar-refractivity contribution in [1.82, 2.24) is 0 Å². The molecule has 27 heavy (non-hydrogen) atoms. The van der Waals surface area contributed by atoms with Crippen LogP contribution in [-0.4, -0.2) is 82.6 Å². The summed E-state index contributed by atoms with van der Waals surface area (Å²) in [6.45, 7) is 3.10. The van der Waals surface area contributed by atoms with Gasteiger partial charge in [0, 0.05) is 12.2 Å². The van der Waals surface area contributed by atoms with E-state index in [1.54, 1.807) is 0 Å². The average molecular weight is 521 g/mol. The minimum absolute atomic E-state index is 0. The summed E-state index contributed by atoms with van der Waals surface area (Å²) in [4.78, 5) is 0. The zero-order valence-corrected chi connectivity index (χ0v) is 21.5. The molecule has 0 amide bonds. The molecule has 166 valence electrons. The van der Waals surface area contributed by atoms with Crippen LogP contribution >= 0.6 is 0 Å². The Morgan fingerprint density at radius 3 is 1.30 bits per heavy atom. The van der Waals surface area contributed by atoms with E-state index in [0.29, 0.717) is 6.42 Å². The van der Waals surface area contributed by atoms with Crippen LogP contribution in [0, 0.1) is 0 Å². The molecule has 0 aliphatic rings. The van der Waals surface area contributed by atoms with Gasteiger partial charge in [-0.3, -0.25) is 0 Å². The van der Waals surface area contributed by atoms with Crippen molar-refractivity contribution in [2.75, 3.05) is 60.6 Å². The molecule has 0 aliphatic carbocycles. The summed E-state index contributed by atoms with van der Waals surface area (Å²) in [5, 5.41) is 0. The molecular weight excluding hydrogens is 475 g/mol. The topological polar surface area (TPSA) is 57.2 Å². The lowest BCUT2D eigenvalue weighted by atomic mass is 10.1. The molecule has 0 aromatic heterocycles. The van der Waals surface area contributed by atoms with Crippen LogP contribution in [0.15, 0.2) is 0 Å². The van der Waals surface area contributed by atoms with E-state index in [1.165, 1.54) is 70.8 Å². The van der Waals surface area contributed by atoms with Gasteiger partial charge in [0.2, 0.25) is 0 Å². The van der Waals surface area contributed by atoms with Crippen LogP contribution in [0.3, 0.4) is 0 Å². The van der Waals surface area contributed by atoms with E-state index in [4.69, 9.17) is 0 Å². The molecule has 0 rings (SSSR count). The van der Waals surface area contributed by atoms with Crippen molar-refractivity contribution in [3.63, 3.8) is 0 Å². The summed E-state index contributed by atoms with van der Waals surface area (Å²) in [7, 11) is 6.97. The van der Waals surface area contributed by atoms with Crippen molar-refractivity contribution in [1.29, 1.82) is 0 Å². The van der Waals surface area contributed by atoms with Gasteiger partial charge >= 0.3 is 0 Å². The molecule has 0 fully saturated rings. The van der Waals surface area contributed by atoms with E-state index in [1.807, 2.05) is 0 Å². The number of nitrogens with zero attached hydrogens (tertiary/aromatic N) is 2. The van der Waals surface area contributed by atoms with Crippen LogP contribution in [0.5, 0.6) is 0 Å². The van der Waals surface area contributed by atoms with Gasteiger partial charge in [0.15, 0.2) is 0 Å². The molecule has 0 aliphatic heterocycles. The van der Waals surface area contributed by atoms with Gasteiger partial charge in [-0.2, -0.15) is 0 Å². The third kappa shape index (κ3) is 24.5. The highest BCUT2D eigenvalue weighted by Gasteiger charge is 2.14. The van der Waals surface area contributed by atoms with Gasteiger partial charge in [-0.25, -0.2) is 8.42 Å². The fourth-order valence-corrected chi connectivity index (χ4v) is 3.80. The summed E-state index contributed by atoms with van der Waals surface area (Å²) >= 11 is 0. The summed E-state index contributed by atoms with van der Waals surface area (Å²) in [5.74, 6) is -0.232. The van der Waals surface area contributed by atoms with Crippen molar-refractivity contribution in [3.8, 4) is 0 Å². The molecule has 0 bridgehead atoms. The number of unbranched alkanes of at least 4 members (excludes halogenated alkanes) is 9. The zero-order valence-electron chi connectivity index (χ0n) is 18.5. The Hall–Kier alpha value is 0.560. The molecule has 0 unspecified atom stereocenters. The lowest BCUT2D eigenvalue weighted by Crippen LogP contribution is -3.00. The van der Waals surface area contributed by atoms with Gasteiger partial charge < -0.3 is 37.5 Å². The first kappa shape index (κ1) is 29.8. The number of rotatable bonds is 17. The van der Waals surface area contributed by atoms with Crippen LogP contribution in [0.1, 0.15) is 70.6 Å². The van der Waals surface area contributed by atoms with Gasteiger partial charge in [-0.05, 0) is 25.7 Å². The number of hydrogen-bond donors (Lipinski definition) is 0. The van der Waals surface area contributed by atoms with E-state index in [2.05, 4.69) is 35.2 Å². The highest BCUT2D eigenvalue weighted by Crippen LogP contribution is 2.12. The maximum absolute atomic E-state index is 10.7. The van der Waals surface area contributed by atoms with Crippen LogP contribution in [0.4, 0.5) is 0 Å². The molecule has 0 heterocycles. The van der Waals surface area contributed by atoms with Crippen molar-refractivity contribution < 1.29 is 45.9 Å². The monoisotopic (exact) mass is 520 g/mol. The Bertz CT molecular complexity index is 449. The van der Waals surface area contributed by atoms with Crippen LogP contribution in [0.2, 0.25) is 0 Å². The molecule has 7 heteroatoms. The Kier molecular flexibility index (Phi) is 17.0. The maximum atomic E-state index is 10.7. The largest absolute Gasteiger partial charge is 1.00 e. The third-order valence-electron chi connectivity index (χ3n) is 5.00. The molecule has 0 atom stereocenters. The lowest BCUT2D eigenvalue weighted by molar-refractivity contribution is -0.890. The highest BCUT2D eigenvalue weighted by atomic mass is 127. The number of quaternary nitrogens is 2. The van der Waals surface area contributed by atoms with Gasteiger partial charge in [-0.15, -0.1) is 0 Å². The van der Waals surface area contributed by atoms with Gasteiger partial charge in [0.25, 0.3) is 0 Å². The van der Waals surface area contributed by atoms with Crippen LogP contribution in [-0.2, 0) is 10.1 Å². The highest BCUT2D eigenvalue weighted by molar-refractivity contribution is 7.85. The van der Waals surface area contributed by atoms with Crippen LogP contribution in [0.25, 0.3) is 0 Å². The second-order valence-electron chi connectivity index (χ2n) is 9.55. The summed E-state index contributed by atoms with van der Waals surface area (Å²) in [6.07, 6.45) is 13.7. The normalized spacial score (nSPS) is 12.8. The first-order valence-electron chi connectivity index (χ1n) is 10.5. The lowest BCUT2D eigenvalue weighted by Gasteiger charge is -2.30. The van der Waals surface area contributed by atoms with Gasteiger partial charge in [0.1, 0.15) is 0 Å². The minimum atomic E-state index is -4.06. The van der Waals surface area contributed by atoms with E-state index < -0.39 is 10.1 Å². The summed E-state index contributed by atoms with van der Waals surface area (Å²) < 4.78 is 33.8. The second-order valence-corrected chi connectivity index (χ2v) is 11.1. The van der Waals surface area contributed by atoms with E-state index >= 15 is 0 Å². The Balaban J connectivity index is 0. The molecule has 0 saturated carbocycles. The molecule has 0 aromatic rings. The summed E-state index contributed by atoms with van der Waals surface area (Å²) in [6, 6.07) is 0. The maximum Gasteiger partial charge on any atom is 0.0948 e. The Labute approximate surface area is 186 Å². The predicted octanol–water partition coefficient (Wildman–Crippen LogP) is 0.609. The molecule has 0 radical (unpaired) electrons. The van der Waals surface area contributed by atoms with E-state index in [0.717, 1.165) is 22.1 Å². The van der Waals surface area contributed by atoms with Crippen LogP contribution < -0.4 is 24.0 Å². The fraction of sp³-hybridized carbons (Fsp3) is 1.00. The molecule has 0 N–H and O–H groups in total. The third-order valence-corrected chi connectivity index (χ3v) is 5.79. The van der Waals surface area contributed by atoms with E-state index in [-0.39, 0.29) is 29.7 Å². The molecule has 0 spiro atoms. The molecule has 5 nitrogen and oxygen atoms in total. The average Bonchev–Trinajstić information content (AvgIpc) is 2.45. The first-order valence-corrected chi connectivity index (χ1v) is 12.1. The standard InChI is InChI=1S/C20H45N2O3S.HI/c1-21(2,3)17-14-12-10-8-6-7-9-11-13-15-18-22(4,5)19-16-20-26(23,24)25;/h6-20H2,1-5H3;1H/q+1;/p-1. The molecule has 0 saturated heterocycles. The zero-order chi connectivity index (χ0) is 20.1. The van der Waals surface area contributed by atoms with E-state index in [9.17, 15) is 13.0 Å². The molecular formula is C20H45IN2O3S. The second kappa shape index (κ2) is 15.4. The minimum Gasteiger partial charge on any atom is -1.00 e. The SMILES string of the molecule is C[N+](C)(C)CCCCCCCCCCCC[N+](C)(C)CCCS(=O)(=O)[O-].[I-]. The number of halogens is 1. The Morgan fingerprint density at radius 2 is 0.926 bits per heavy atom. The fourth-order valence-electron chi connectivity index (χ4n) is 3.32. The van der Waals surface area contributed by atoms with Crippen molar-refractivity contribution >= 4 is 10.1 Å².